The van der Waals surface area contributed by atoms with Gasteiger partial charge in [-0.1, -0.05) is 49.2 Å². The molecule has 44 heavy (non-hydrogen) atoms. The van der Waals surface area contributed by atoms with Gasteiger partial charge in [0.25, 0.3) is 0 Å². The van der Waals surface area contributed by atoms with Crippen LogP contribution < -0.4 is 4.72 Å². The minimum Gasteiger partial charge on any atom is -0.294 e. The Morgan fingerprint density at radius 3 is 2.39 bits per heavy atom. The molecule has 0 spiro atoms. The fraction of sp³-hybridized carbons (Fsp3) is 0.267. The van der Waals surface area contributed by atoms with E-state index >= 15 is 0 Å². The van der Waals surface area contributed by atoms with Crippen LogP contribution in [0, 0.1) is 12.8 Å². The fourth-order valence-electron chi connectivity index (χ4n) is 4.58. The predicted molar refractivity (Wildman–Crippen MR) is 160 cm³/mol. The molecule has 1 N–H and O–H groups in total. The third-order valence-electron chi connectivity index (χ3n) is 6.58. The highest BCUT2D eigenvalue weighted by Crippen LogP contribution is 2.34. The Kier molecular flexibility index (Phi) is 9.99. The van der Waals surface area contributed by atoms with Gasteiger partial charge in [0, 0.05) is 29.6 Å². The summed E-state index contributed by atoms with van der Waals surface area (Å²) in [7, 11) is -4.65. The molecule has 0 bridgehead atoms. The number of halogens is 5. The molecule has 0 saturated heterocycles. The Bertz CT molecular complexity index is 1840. The average molecular weight is 668 g/mol. The van der Waals surface area contributed by atoms with E-state index in [-0.39, 0.29) is 46.8 Å². The van der Waals surface area contributed by atoms with Crippen molar-refractivity contribution in [2.45, 2.75) is 51.2 Å². The number of aromatic nitrogens is 3. The van der Waals surface area contributed by atoms with Gasteiger partial charge in [0.2, 0.25) is 10.0 Å². The smallest absolute Gasteiger partial charge is 0.294 e. The lowest BCUT2D eigenvalue weighted by molar-refractivity contribution is -0.139. The maximum absolute atomic E-state index is 13.8. The van der Waals surface area contributed by atoms with E-state index in [0.717, 1.165) is 16.8 Å². The largest absolute Gasteiger partial charge is 0.417 e. The zero-order chi connectivity index (χ0) is 32.4. The molecule has 0 radical (unpaired) electrons. The number of carbonyl (C=O) groups excluding carboxylic acids is 2. The van der Waals surface area contributed by atoms with E-state index in [1.807, 2.05) is 13.8 Å². The minimum atomic E-state index is -4.91. The van der Waals surface area contributed by atoms with Crippen molar-refractivity contribution in [3.8, 4) is 5.82 Å². The van der Waals surface area contributed by atoms with E-state index in [2.05, 4.69) is 14.8 Å². The number of Topliss-reactive ketones (excluding diaryl/α,β-unsaturated/α-hetero) is 2. The van der Waals surface area contributed by atoms with Crippen molar-refractivity contribution in [1.29, 1.82) is 0 Å². The van der Waals surface area contributed by atoms with Gasteiger partial charge in [-0.3, -0.25) is 9.59 Å². The molecule has 4 aromatic rings. The molecule has 8 nitrogen and oxygen atoms in total. The van der Waals surface area contributed by atoms with Crippen LogP contribution in [0.4, 0.5) is 13.2 Å². The maximum atomic E-state index is 13.8. The van der Waals surface area contributed by atoms with Gasteiger partial charge in [-0.25, -0.2) is 22.8 Å². The second-order valence-corrected chi connectivity index (χ2v) is 13.0. The van der Waals surface area contributed by atoms with Crippen LogP contribution in [0.1, 0.15) is 63.5 Å². The van der Waals surface area contributed by atoms with E-state index in [0.29, 0.717) is 27.8 Å². The first-order valence-corrected chi connectivity index (χ1v) is 15.5. The van der Waals surface area contributed by atoms with Gasteiger partial charge >= 0.3 is 6.18 Å². The first-order chi connectivity index (χ1) is 20.6. The highest BCUT2D eigenvalue weighted by atomic mass is 35.5. The third-order valence-corrected chi connectivity index (χ3v) is 8.55. The molecular weight excluding hydrogens is 640 g/mol. The van der Waals surface area contributed by atoms with Crippen LogP contribution in [0.15, 0.2) is 65.7 Å². The molecule has 232 valence electrons. The summed E-state index contributed by atoms with van der Waals surface area (Å²) in [6.07, 6.45) is -3.48. The Labute approximate surface area is 262 Å². The number of carbonyl (C=O) groups is 2. The summed E-state index contributed by atoms with van der Waals surface area (Å²) in [4.78, 5) is 30.1. The monoisotopic (exact) mass is 666 g/mol. The van der Waals surface area contributed by atoms with Crippen LogP contribution in [-0.2, 0) is 29.2 Å². The van der Waals surface area contributed by atoms with Crippen molar-refractivity contribution in [2.24, 2.45) is 5.92 Å². The SMILES string of the molecule is Cc1cc(Cl)cc(C(=O)CC(C)C)c1CC(=O)c1cc(CNS(=O)(=O)c2ccccc2C(F)(F)F)nn1-c1ncccc1Cl. The summed E-state index contributed by atoms with van der Waals surface area (Å²) < 4.78 is 69.6. The summed E-state index contributed by atoms with van der Waals surface area (Å²) in [6, 6.07) is 11.3. The number of sulfonamides is 1. The fourth-order valence-corrected chi connectivity index (χ4v) is 6.28. The Morgan fingerprint density at radius 1 is 1.02 bits per heavy atom. The van der Waals surface area contributed by atoms with Crippen LogP contribution in [0.25, 0.3) is 5.82 Å². The summed E-state index contributed by atoms with van der Waals surface area (Å²) in [5.41, 5.74) is 0.0527. The number of alkyl halides is 3. The van der Waals surface area contributed by atoms with E-state index in [1.54, 1.807) is 19.1 Å². The second-order valence-electron chi connectivity index (χ2n) is 10.4. The van der Waals surface area contributed by atoms with Crippen molar-refractivity contribution < 1.29 is 31.2 Å². The predicted octanol–water partition coefficient (Wildman–Crippen LogP) is 7.03. The lowest BCUT2D eigenvalue weighted by Crippen LogP contribution is -2.26. The molecule has 2 aromatic carbocycles. The van der Waals surface area contributed by atoms with Crippen LogP contribution in [0.3, 0.4) is 0 Å². The Hall–Kier alpha value is -3.58. The number of nitrogens with zero attached hydrogens (tertiary/aromatic N) is 3. The summed E-state index contributed by atoms with van der Waals surface area (Å²) in [6.45, 7) is 4.97. The first-order valence-electron chi connectivity index (χ1n) is 13.3. The van der Waals surface area contributed by atoms with E-state index < -0.39 is 39.0 Å². The van der Waals surface area contributed by atoms with Gasteiger partial charge in [-0.05, 0) is 66.4 Å². The van der Waals surface area contributed by atoms with Gasteiger partial charge < -0.3 is 0 Å². The van der Waals surface area contributed by atoms with Crippen LogP contribution in [0.5, 0.6) is 0 Å². The number of nitrogens with one attached hydrogen (secondary N) is 1. The molecule has 0 fully saturated rings. The van der Waals surface area contributed by atoms with Crippen molar-refractivity contribution in [2.75, 3.05) is 0 Å². The van der Waals surface area contributed by atoms with E-state index in [1.165, 1.54) is 30.5 Å². The number of benzene rings is 2. The van der Waals surface area contributed by atoms with Gasteiger partial charge in [0.05, 0.1) is 27.7 Å². The number of hydrogen-bond donors (Lipinski definition) is 1. The highest BCUT2D eigenvalue weighted by molar-refractivity contribution is 7.89. The summed E-state index contributed by atoms with van der Waals surface area (Å²) in [5.74, 6) is -0.547. The van der Waals surface area contributed by atoms with Gasteiger partial charge in [-0.2, -0.15) is 18.3 Å². The molecule has 0 amide bonds. The standard InChI is InChI=1S/C30H27Cl2F3N4O4S/c1-17(2)11-26(40)22-13-19(31)12-18(3)21(22)15-27(41)25-14-20(38-39(25)29-24(32)8-6-10-36-29)16-37-44(42,43)28-9-5-4-7-23(28)30(33,34)35/h4-10,12-14,17,37H,11,15-16H2,1-3H3. The zero-order valence-electron chi connectivity index (χ0n) is 23.7. The highest BCUT2D eigenvalue weighted by Gasteiger charge is 2.37. The molecule has 2 heterocycles. The minimum absolute atomic E-state index is 0.00655. The van der Waals surface area contributed by atoms with Gasteiger partial charge in [0.1, 0.15) is 5.69 Å². The second kappa shape index (κ2) is 13.2. The third kappa shape index (κ3) is 7.55. The number of hydrogen-bond acceptors (Lipinski definition) is 6. The molecule has 0 unspecified atom stereocenters. The molecular formula is C30H27Cl2F3N4O4S. The molecule has 0 aliphatic heterocycles. The zero-order valence-corrected chi connectivity index (χ0v) is 26.1. The van der Waals surface area contributed by atoms with Crippen molar-refractivity contribution in [3.05, 3.63) is 104 Å². The van der Waals surface area contributed by atoms with Gasteiger partial charge in [0.15, 0.2) is 17.4 Å². The van der Waals surface area contributed by atoms with Crippen LogP contribution in [0.2, 0.25) is 10.0 Å². The number of rotatable bonds is 11. The number of aryl methyl sites for hydroxylation is 1. The van der Waals surface area contributed by atoms with Crippen molar-refractivity contribution in [1.82, 2.24) is 19.5 Å². The Balaban J connectivity index is 1.72. The molecule has 0 atom stereocenters. The first kappa shape index (κ1) is 33.3. The van der Waals surface area contributed by atoms with Crippen LogP contribution >= 0.6 is 23.2 Å². The molecule has 0 aliphatic carbocycles. The number of ketones is 2. The topological polar surface area (TPSA) is 111 Å². The van der Waals surface area contributed by atoms with E-state index in [4.69, 9.17) is 23.2 Å². The normalized spacial score (nSPS) is 12.1. The molecule has 0 saturated carbocycles. The quantitative estimate of drug-likeness (QED) is 0.172. The molecule has 0 aliphatic rings. The van der Waals surface area contributed by atoms with Gasteiger partial charge in [-0.15, -0.1) is 0 Å². The Morgan fingerprint density at radius 2 is 1.73 bits per heavy atom. The average Bonchev–Trinajstić information content (AvgIpc) is 3.37. The van der Waals surface area contributed by atoms with Crippen LogP contribution in [-0.4, -0.2) is 34.7 Å². The van der Waals surface area contributed by atoms with Crippen molar-refractivity contribution >= 4 is 44.8 Å². The molecule has 4 rings (SSSR count). The number of pyridine rings is 1. The maximum Gasteiger partial charge on any atom is 0.417 e. The lowest BCUT2D eigenvalue weighted by atomic mass is 9.91. The van der Waals surface area contributed by atoms with E-state index in [9.17, 15) is 31.2 Å². The molecule has 14 heteroatoms. The lowest BCUT2D eigenvalue weighted by Gasteiger charge is -2.14. The summed E-state index contributed by atoms with van der Waals surface area (Å²) >= 11 is 12.6. The molecule has 2 aromatic heterocycles. The summed E-state index contributed by atoms with van der Waals surface area (Å²) in [5, 5.41) is 4.79. The van der Waals surface area contributed by atoms with Crippen molar-refractivity contribution in [3.63, 3.8) is 0 Å².